The first kappa shape index (κ1) is 14.8. The lowest BCUT2D eigenvalue weighted by atomic mass is 10.1. The van der Waals surface area contributed by atoms with E-state index in [0.29, 0.717) is 5.56 Å². The summed E-state index contributed by atoms with van der Waals surface area (Å²) in [4.78, 5) is 15.4. The largest absolute Gasteiger partial charge is 0.465 e. The molecule has 0 aliphatic rings. The molecule has 20 heavy (non-hydrogen) atoms. The van der Waals surface area contributed by atoms with Gasteiger partial charge in [0, 0.05) is 18.0 Å². The van der Waals surface area contributed by atoms with E-state index >= 15 is 0 Å². The number of nitrogens with zero attached hydrogens (tertiary/aromatic N) is 1. The summed E-state index contributed by atoms with van der Waals surface area (Å²) in [6, 6.07) is 11.8. The van der Waals surface area contributed by atoms with Crippen LogP contribution in [0.1, 0.15) is 27.7 Å². The van der Waals surface area contributed by atoms with Crippen LogP contribution in [0.4, 0.5) is 0 Å². The van der Waals surface area contributed by atoms with Crippen LogP contribution < -0.4 is 0 Å². The van der Waals surface area contributed by atoms with Crippen LogP contribution in [0.15, 0.2) is 41.8 Å². The molecule has 0 atom stereocenters. The summed E-state index contributed by atoms with van der Waals surface area (Å²) < 4.78 is 4.84. The second-order valence-electron chi connectivity index (χ2n) is 4.53. The number of esters is 1. The molecular weight excluding hydrogens is 270 g/mol. The maximum Gasteiger partial charge on any atom is 0.338 e. The van der Waals surface area contributed by atoms with Crippen LogP contribution in [0.25, 0.3) is 0 Å². The first-order chi connectivity index (χ1) is 9.74. The lowest BCUT2D eigenvalue weighted by molar-refractivity contribution is 0.0598. The standard InChI is InChI=1S/C16H19NO2S/c1-3-17(12-14-8-6-10-20-14)11-13-7-4-5-9-15(13)16(18)19-2/h4-10H,3,11-12H2,1-2H3. The number of ether oxygens (including phenoxy) is 1. The van der Waals surface area contributed by atoms with E-state index in [1.54, 1.807) is 11.3 Å². The molecule has 0 bridgehead atoms. The zero-order valence-corrected chi connectivity index (χ0v) is 12.7. The molecule has 0 radical (unpaired) electrons. The Bertz CT molecular complexity index is 551. The van der Waals surface area contributed by atoms with Crippen molar-refractivity contribution in [2.24, 2.45) is 0 Å². The molecule has 3 nitrogen and oxygen atoms in total. The summed E-state index contributed by atoms with van der Waals surface area (Å²) in [6.07, 6.45) is 0. The number of thiophene rings is 1. The van der Waals surface area contributed by atoms with Crippen molar-refractivity contribution >= 4 is 17.3 Å². The Morgan fingerprint density at radius 3 is 2.65 bits per heavy atom. The average molecular weight is 289 g/mol. The Morgan fingerprint density at radius 2 is 2.00 bits per heavy atom. The van der Waals surface area contributed by atoms with Crippen molar-refractivity contribution in [1.29, 1.82) is 0 Å². The van der Waals surface area contributed by atoms with Gasteiger partial charge in [0.05, 0.1) is 12.7 Å². The van der Waals surface area contributed by atoms with Crippen molar-refractivity contribution < 1.29 is 9.53 Å². The van der Waals surface area contributed by atoms with Crippen molar-refractivity contribution in [1.82, 2.24) is 4.90 Å². The number of benzene rings is 1. The number of carbonyl (C=O) groups is 1. The number of rotatable bonds is 6. The lowest BCUT2D eigenvalue weighted by Gasteiger charge is -2.21. The Kier molecular flexibility index (Phi) is 5.32. The first-order valence-corrected chi connectivity index (χ1v) is 7.53. The molecule has 0 aliphatic heterocycles. The monoisotopic (exact) mass is 289 g/mol. The first-order valence-electron chi connectivity index (χ1n) is 6.65. The van der Waals surface area contributed by atoms with Gasteiger partial charge in [-0.2, -0.15) is 0 Å². The van der Waals surface area contributed by atoms with Crippen molar-refractivity contribution in [3.8, 4) is 0 Å². The van der Waals surface area contributed by atoms with Crippen LogP contribution in [0.5, 0.6) is 0 Å². The third-order valence-electron chi connectivity index (χ3n) is 3.22. The fourth-order valence-electron chi connectivity index (χ4n) is 2.11. The summed E-state index contributed by atoms with van der Waals surface area (Å²) in [5.41, 5.74) is 1.66. The molecule has 4 heteroatoms. The minimum absolute atomic E-state index is 0.271. The van der Waals surface area contributed by atoms with Crippen LogP contribution >= 0.6 is 11.3 Å². The van der Waals surface area contributed by atoms with Crippen molar-refractivity contribution in [2.45, 2.75) is 20.0 Å². The summed E-state index contributed by atoms with van der Waals surface area (Å²) >= 11 is 1.76. The number of hydrogen-bond acceptors (Lipinski definition) is 4. The van der Waals surface area contributed by atoms with Gasteiger partial charge in [0.1, 0.15) is 0 Å². The second kappa shape index (κ2) is 7.22. The molecule has 0 spiro atoms. The third-order valence-corrected chi connectivity index (χ3v) is 4.08. The number of carbonyl (C=O) groups excluding carboxylic acids is 1. The van der Waals surface area contributed by atoms with Crippen LogP contribution in [0, 0.1) is 0 Å². The third kappa shape index (κ3) is 3.68. The van der Waals surface area contributed by atoms with E-state index in [2.05, 4.69) is 29.3 Å². The van der Waals surface area contributed by atoms with Gasteiger partial charge < -0.3 is 4.74 Å². The minimum Gasteiger partial charge on any atom is -0.465 e. The fraction of sp³-hybridized carbons (Fsp3) is 0.312. The maximum atomic E-state index is 11.8. The molecule has 0 amide bonds. The highest BCUT2D eigenvalue weighted by Crippen LogP contribution is 2.17. The fourth-order valence-corrected chi connectivity index (χ4v) is 2.86. The molecule has 0 saturated heterocycles. The van der Waals surface area contributed by atoms with E-state index in [0.717, 1.165) is 25.2 Å². The Labute approximate surface area is 123 Å². The molecule has 1 heterocycles. The normalized spacial score (nSPS) is 10.8. The zero-order valence-electron chi connectivity index (χ0n) is 11.8. The number of methoxy groups -OCH3 is 1. The van der Waals surface area contributed by atoms with E-state index in [-0.39, 0.29) is 5.97 Å². The van der Waals surface area contributed by atoms with Crippen molar-refractivity contribution in [3.63, 3.8) is 0 Å². The van der Waals surface area contributed by atoms with Gasteiger partial charge in [0.15, 0.2) is 0 Å². The van der Waals surface area contributed by atoms with Crippen molar-refractivity contribution in [2.75, 3.05) is 13.7 Å². The average Bonchev–Trinajstić information content (AvgIpc) is 2.99. The number of hydrogen-bond donors (Lipinski definition) is 0. The predicted molar refractivity (Wildman–Crippen MR) is 81.9 cm³/mol. The summed E-state index contributed by atoms with van der Waals surface area (Å²) in [7, 11) is 1.42. The zero-order chi connectivity index (χ0) is 14.4. The van der Waals surface area contributed by atoms with Gasteiger partial charge in [-0.15, -0.1) is 11.3 Å². The van der Waals surface area contributed by atoms with Crippen LogP contribution in [-0.4, -0.2) is 24.5 Å². The molecule has 106 valence electrons. The van der Waals surface area contributed by atoms with Crippen LogP contribution in [0.3, 0.4) is 0 Å². The van der Waals surface area contributed by atoms with Gasteiger partial charge in [-0.25, -0.2) is 4.79 Å². The molecule has 2 rings (SSSR count). The van der Waals surface area contributed by atoms with Crippen molar-refractivity contribution in [3.05, 3.63) is 57.8 Å². The molecule has 2 aromatic rings. The Hall–Kier alpha value is -1.65. The molecule has 0 saturated carbocycles. The smallest absolute Gasteiger partial charge is 0.338 e. The summed E-state index contributed by atoms with van der Waals surface area (Å²) in [6.45, 7) is 4.73. The van der Waals surface area contributed by atoms with E-state index < -0.39 is 0 Å². The molecule has 1 aromatic heterocycles. The van der Waals surface area contributed by atoms with E-state index in [4.69, 9.17) is 4.74 Å². The molecular formula is C16H19NO2S. The highest BCUT2D eigenvalue weighted by Gasteiger charge is 2.13. The summed E-state index contributed by atoms with van der Waals surface area (Å²) in [5, 5.41) is 2.09. The van der Waals surface area contributed by atoms with E-state index in [9.17, 15) is 4.79 Å². The van der Waals surface area contributed by atoms with E-state index in [1.807, 2.05) is 24.3 Å². The van der Waals surface area contributed by atoms with Gasteiger partial charge in [-0.3, -0.25) is 4.90 Å². The minimum atomic E-state index is -0.271. The summed E-state index contributed by atoms with van der Waals surface area (Å²) in [5.74, 6) is -0.271. The van der Waals surface area contributed by atoms with Gasteiger partial charge in [-0.05, 0) is 29.6 Å². The van der Waals surface area contributed by atoms with Gasteiger partial charge in [-0.1, -0.05) is 31.2 Å². The maximum absolute atomic E-state index is 11.8. The highest BCUT2D eigenvalue weighted by molar-refractivity contribution is 7.09. The Balaban J connectivity index is 2.13. The molecule has 0 N–H and O–H groups in total. The molecule has 0 unspecified atom stereocenters. The van der Waals surface area contributed by atoms with Gasteiger partial charge in [0.25, 0.3) is 0 Å². The SMILES string of the molecule is CCN(Cc1cccs1)Cc1ccccc1C(=O)OC. The van der Waals surface area contributed by atoms with Crippen LogP contribution in [-0.2, 0) is 17.8 Å². The van der Waals surface area contributed by atoms with Gasteiger partial charge in [0.2, 0.25) is 0 Å². The second-order valence-corrected chi connectivity index (χ2v) is 5.56. The topological polar surface area (TPSA) is 29.5 Å². The molecule has 0 fully saturated rings. The molecule has 0 aliphatic carbocycles. The lowest BCUT2D eigenvalue weighted by Crippen LogP contribution is -2.23. The van der Waals surface area contributed by atoms with Gasteiger partial charge >= 0.3 is 5.97 Å². The quantitative estimate of drug-likeness (QED) is 0.762. The Morgan fingerprint density at radius 1 is 1.20 bits per heavy atom. The van der Waals surface area contributed by atoms with E-state index in [1.165, 1.54) is 12.0 Å². The predicted octanol–water partition coefficient (Wildman–Crippen LogP) is 3.56. The molecule has 1 aromatic carbocycles. The van der Waals surface area contributed by atoms with Crippen LogP contribution in [0.2, 0.25) is 0 Å². The highest BCUT2D eigenvalue weighted by atomic mass is 32.1.